The highest BCUT2D eigenvalue weighted by molar-refractivity contribution is 7.98. The Morgan fingerprint density at radius 1 is 1.32 bits per heavy atom. The maximum absolute atomic E-state index is 5.71. The van der Waals surface area contributed by atoms with Crippen LogP contribution >= 0.6 is 24.0 Å². The molecule has 19 heavy (non-hydrogen) atoms. The molecule has 0 fully saturated rings. The molecule has 98 valence electrons. The molecule has 0 aliphatic heterocycles. The molecule has 2 aromatic rings. The molecule has 0 saturated carbocycles. The van der Waals surface area contributed by atoms with E-state index in [1.807, 2.05) is 42.7 Å². The molecule has 0 spiro atoms. The van der Waals surface area contributed by atoms with Gasteiger partial charge in [0.05, 0.1) is 5.69 Å². The molecule has 0 bridgehead atoms. The highest BCUT2D eigenvalue weighted by Crippen LogP contribution is 2.19. The minimum Gasteiger partial charge on any atom is -0.489 e. The van der Waals surface area contributed by atoms with Crippen molar-refractivity contribution in [3.8, 4) is 5.75 Å². The van der Waals surface area contributed by atoms with E-state index in [4.69, 9.17) is 22.7 Å². The smallest absolute Gasteiger partial charge is 0.122 e. The molecule has 3 nitrogen and oxygen atoms in total. The van der Waals surface area contributed by atoms with Crippen molar-refractivity contribution >= 4 is 29.0 Å². The lowest BCUT2D eigenvalue weighted by molar-refractivity contribution is 0.306. The van der Waals surface area contributed by atoms with Gasteiger partial charge in [0.1, 0.15) is 17.3 Å². The highest BCUT2D eigenvalue weighted by Gasteiger charge is 2.01. The van der Waals surface area contributed by atoms with E-state index in [0.29, 0.717) is 17.3 Å². The van der Waals surface area contributed by atoms with Crippen LogP contribution in [0.3, 0.4) is 0 Å². The van der Waals surface area contributed by atoms with Crippen LogP contribution in [0.25, 0.3) is 0 Å². The van der Waals surface area contributed by atoms with E-state index in [9.17, 15) is 0 Å². The van der Waals surface area contributed by atoms with Gasteiger partial charge < -0.3 is 10.5 Å². The van der Waals surface area contributed by atoms with E-state index in [1.54, 1.807) is 18.0 Å². The first kappa shape index (κ1) is 13.8. The maximum Gasteiger partial charge on any atom is 0.122 e. The number of hydrogen-bond acceptors (Lipinski definition) is 4. The summed E-state index contributed by atoms with van der Waals surface area (Å²) in [6.07, 6.45) is 3.73. The average molecular weight is 290 g/mol. The van der Waals surface area contributed by atoms with E-state index in [1.165, 1.54) is 4.90 Å². The molecule has 0 atom stereocenters. The van der Waals surface area contributed by atoms with Crippen LogP contribution < -0.4 is 10.5 Å². The molecule has 0 unspecified atom stereocenters. The number of thiocarbonyl (C=S) groups is 1. The van der Waals surface area contributed by atoms with Crippen molar-refractivity contribution in [3.63, 3.8) is 0 Å². The second kappa shape index (κ2) is 6.54. The zero-order valence-electron chi connectivity index (χ0n) is 10.5. The molecular weight excluding hydrogens is 276 g/mol. The monoisotopic (exact) mass is 290 g/mol. The van der Waals surface area contributed by atoms with Gasteiger partial charge in [0.2, 0.25) is 0 Å². The molecule has 1 heterocycles. The van der Waals surface area contributed by atoms with Crippen LogP contribution in [0.5, 0.6) is 5.75 Å². The fourth-order valence-corrected chi connectivity index (χ4v) is 2.06. The number of benzene rings is 1. The summed E-state index contributed by atoms with van der Waals surface area (Å²) in [4.78, 5) is 5.60. The summed E-state index contributed by atoms with van der Waals surface area (Å²) in [5, 5.41) is 0. The van der Waals surface area contributed by atoms with Crippen LogP contribution in [0.4, 0.5) is 0 Å². The summed E-state index contributed by atoms with van der Waals surface area (Å²) in [6, 6.07) is 11.7. The molecule has 0 saturated heterocycles. The van der Waals surface area contributed by atoms with Crippen LogP contribution in [-0.2, 0) is 6.61 Å². The molecule has 0 aliphatic carbocycles. The van der Waals surface area contributed by atoms with Crippen molar-refractivity contribution in [2.24, 2.45) is 5.73 Å². The molecule has 1 aromatic heterocycles. The van der Waals surface area contributed by atoms with E-state index >= 15 is 0 Å². The van der Waals surface area contributed by atoms with Gasteiger partial charge in [0, 0.05) is 11.1 Å². The summed E-state index contributed by atoms with van der Waals surface area (Å²) in [7, 11) is 0. The van der Waals surface area contributed by atoms with Gasteiger partial charge in [-0.1, -0.05) is 12.2 Å². The fourth-order valence-electron chi connectivity index (χ4n) is 1.54. The SMILES string of the molecule is CSc1ccc(OCc2ccnc(C(N)=S)c2)cc1. The van der Waals surface area contributed by atoms with Crippen LogP contribution in [0.15, 0.2) is 47.5 Å². The first-order valence-corrected chi connectivity index (χ1v) is 7.34. The lowest BCUT2D eigenvalue weighted by atomic mass is 10.2. The summed E-state index contributed by atoms with van der Waals surface area (Å²) in [6.45, 7) is 0.469. The second-order valence-electron chi connectivity index (χ2n) is 3.88. The van der Waals surface area contributed by atoms with E-state index in [2.05, 4.69) is 4.98 Å². The number of pyridine rings is 1. The van der Waals surface area contributed by atoms with Gasteiger partial charge in [-0.2, -0.15) is 0 Å². The second-order valence-corrected chi connectivity index (χ2v) is 5.20. The first-order valence-electron chi connectivity index (χ1n) is 5.70. The third-order valence-corrected chi connectivity index (χ3v) is 3.49. The highest BCUT2D eigenvalue weighted by atomic mass is 32.2. The van der Waals surface area contributed by atoms with Gasteiger partial charge in [0.15, 0.2) is 0 Å². The zero-order valence-corrected chi connectivity index (χ0v) is 12.1. The minimum atomic E-state index is 0.297. The summed E-state index contributed by atoms with van der Waals surface area (Å²) < 4.78 is 5.71. The van der Waals surface area contributed by atoms with E-state index in [0.717, 1.165) is 11.3 Å². The predicted octanol–water partition coefficient (Wildman–Crippen LogP) is 3.02. The van der Waals surface area contributed by atoms with Crippen LogP contribution in [0.2, 0.25) is 0 Å². The normalized spacial score (nSPS) is 10.2. The third-order valence-electron chi connectivity index (χ3n) is 2.54. The average Bonchev–Trinajstić information content (AvgIpc) is 2.46. The molecule has 0 aliphatic rings. The van der Waals surface area contributed by atoms with Crippen molar-refractivity contribution in [1.29, 1.82) is 0 Å². The van der Waals surface area contributed by atoms with E-state index < -0.39 is 0 Å². The Kier molecular flexibility index (Phi) is 4.76. The summed E-state index contributed by atoms with van der Waals surface area (Å²) >= 11 is 6.60. The largest absolute Gasteiger partial charge is 0.489 e. The Hall–Kier alpha value is -1.59. The topological polar surface area (TPSA) is 48.1 Å². The van der Waals surface area contributed by atoms with Gasteiger partial charge in [0.25, 0.3) is 0 Å². The van der Waals surface area contributed by atoms with Crippen molar-refractivity contribution in [2.45, 2.75) is 11.5 Å². The number of aromatic nitrogens is 1. The van der Waals surface area contributed by atoms with Crippen molar-refractivity contribution in [1.82, 2.24) is 4.98 Å². The van der Waals surface area contributed by atoms with Crippen LogP contribution in [0, 0.1) is 0 Å². The van der Waals surface area contributed by atoms with Crippen LogP contribution in [0.1, 0.15) is 11.3 Å². The number of nitrogens with zero attached hydrogens (tertiary/aromatic N) is 1. The fraction of sp³-hybridized carbons (Fsp3) is 0.143. The van der Waals surface area contributed by atoms with Crippen molar-refractivity contribution in [3.05, 3.63) is 53.9 Å². The maximum atomic E-state index is 5.71. The third kappa shape index (κ3) is 3.94. The number of thioether (sulfide) groups is 1. The zero-order chi connectivity index (χ0) is 13.7. The first-order chi connectivity index (χ1) is 9.19. The van der Waals surface area contributed by atoms with Gasteiger partial charge in [-0.3, -0.25) is 4.98 Å². The Morgan fingerprint density at radius 2 is 2.05 bits per heavy atom. The molecule has 0 amide bonds. The Morgan fingerprint density at radius 3 is 2.68 bits per heavy atom. The Bertz CT molecular complexity index is 570. The molecule has 2 N–H and O–H groups in total. The van der Waals surface area contributed by atoms with E-state index in [-0.39, 0.29) is 0 Å². The van der Waals surface area contributed by atoms with Crippen molar-refractivity contribution < 1.29 is 4.74 Å². The Labute approximate surface area is 122 Å². The number of ether oxygens (including phenoxy) is 1. The summed E-state index contributed by atoms with van der Waals surface area (Å²) in [5.74, 6) is 0.839. The molecule has 5 heteroatoms. The van der Waals surface area contributed by atoms with Gasteiger partial charge in [-0.15, -0.1) is 11.8 Å². The number of nitrogens with two attached hydrogens (primary N) is 1. The standard InChI is InChI=1S/C14H14N2OS2/c1-19-12-4-2-11(3-5-12)17-9-10-6-7-16-13(8-10)14(15)18/h2-8H,9H2,1H3,(H2,15,18). The van der Waals surface area contributed by atoms with Gasteiger partial charge in [-0.05, 0) is 48.2 Å². The lowest BCUT2D eigenvalue weighted by Crippen LogP contribution is -2.12. The predicted molar refractivity (Wildman–Crippen MR) is 82.7 cm³/mol. The quantitative estimate of drug-likeness (QED) is 0.677. The van der Waals surface area contributed by atoms with Crippen LogP contribution in [-0.4, -0.2) is 16.2 Å². The number of hydrogen-bond donors (Lipinski definition) is 1. The van der Waals surface area contributed by atoms with Gasteiger partial charge in [-0.25, -0.2) is 0 Å². The molecule has 1 aromatic carbocycles. The van der Waals surface area contributed by atoms with Gasteiger partial charge >= 0.3 is 0 Å². The van der Waals surface area contributed by atoms with Crippen molar-refractivity contribution in [2.75, 3.05) is 6.26 Å². The lowest BCUT2D eigenvalue weighted by Gasteiger charge is -2.07. The molecular formula is C14H14N2OS2. The Balaban J connectivity index is 2.01. The minimum absolute atomic E-state index is 0.297. The molecule has 2 rings (SSSR count). The molecule has 0 radical (unpaired) electrons. The number of rotatable bonds is 5. The summed E-state index contributed by atoms with van der Waals surface area (Å²) in [5.41, 5.74) is 7.16.